The number of hydrogen-bond acceptors (Lipinski definition) is 3. The highest BCUT2D eigenvalue weighted by Gasteiger charge is 2.30. The Morgan fingerprint density at radius 3 is 2.95 bits per heavy atom. The zero-order valence-electron chi connectivity index (χ0n) is 11.4. The van der Waals surface area contributed by atoms with Crippen LogP contribution in [0, 0.1) is 5.92 Å². The van der Waals surface area contributed by atoms with Gasteiger partial charge in [0.15, 0.2) is 0 Å². The van der Waals surface area contributed by atoms with Gasteiger partial charge in [0.25, 0.3) is 0 Å². The van der Waals surface area contributed by atoms with Gasteiger partial charge in [-0.1, -0.05) is 6.07 Å². The third kappa shape index (κ3) is 3.80. The fourth-order valence-electron chi connectivity index (χ4n) is 2.34. The van der Waals surface area contributed by atoms with Crippen molar-refractivity contribution >= 4 is 23.2 Å². The molecule has 1 aliphatic rings. The minimum Gasteiger partial charge on any atom is -0.355 e. The Labute approximate surface area is 117 Å². The Morgan fingerprint density at radius 1 is 1.58 bits per heavy atom. The molecule has 1 aliphatic heterocycles. The summed E-state index contributed by atoms with van der Waals surface area (Å²) >= 11 is 1.59. The molecule has 1 N–H and O–H groups in total. The molecule has 1 saturated heterocycles. The van der Waals surface area contributed by atoms with Crippen molar-refractivity contribution in [2.24, 2.45) is 5.92 Å². The van der Waals surface area contributed by atoms with E-state index in [4.69, 9.17) is 0 Å². The van der Waals surface area contributed by atoms with Crippen LogP contribution in [0.4, 0.5) is 0 Å². The van der Waals surface area contributed by atoms with Gasteiger partial charge in [0.2, 0.25) is 11.8 Å². The Morgan fingerprint density at radius 2 is 2.37 bits per heavy atom. The second kappa shape index (κ2) is 6.19. The highest BCUT2D eigenvalue weighted by atomic mass is 32.1. The van der Waals surface area contributed by atoms with Crippen molar-refractivity contribution in [2.45, 2.75) is 32.7 Å². The molecular formula is C14H20N2O2S. The van der Waals surface area contributed by atoms with Crippen molar-refractivity contribution < 1.29 is 9.59 Å². The molecule has 0 radical (unpaired) electrons. The number of rotatable bonds is 5. The lowest BCUT2D eigenvalue weighted by molar-refractivity contribution is -0.129. The van der Waals surface area contributed by atoms with Crippen molar-refractivity contribution in [3.63, 3.8) is 0 Å². The van der Waals surface area contributed by atoms with E-state index in [1.165, 1.54) is 0 Å². The molecule has 0 spiro atoms. The lowest BCUT2D eigenvalue weighted by atomic mass is 10.1. The molecule has 19 heavy (non-hydrogen) atoms. The van der Waals surface area contributed by atoms with Gasteiger partial charge in [0.05, 0.1) is 6.42 Å². The SMILES string of the molecule is CC(C)N1CC(CNC(=O)Cc2cccs2)CC1=O. The number of nitrogens with zero attached hydrogens (tertiary/aromatic N) is 1. The molecule has 2 heterocycles. The predicted octanol–water partition coefficient (Wildman–Crippen LogP) is 1.66. The average molecular weight is 280 g/mol. The predicted molar refractivity (Wildman–Crippen MR) is 76.0 cm³/mol. The van der Waals surface area contributed by atoms with Gasteiger partial charge in [-0.25, -0.2) is 0 Å². The van der Waals surface area contributed by atoms with Crippen LogP contribution in [0.1, 0.15) is 25.1 Å². The van der Waals surface area contributed by atoms with Crippen LogP contribution in [0.5, 0.6) is 0 Å². The standard InChI is InChI=1S/C14H20N2O2S/c1-10(2)16-9-11(6-14(16)18)8-15-13(17)7-12-4-3-5-19-12/h3-5,10-11H,6-9H2,1-2H3,(H,15,17). The number of hydrogen-bond donors (Lipinski definition) is 1. The quantitative estimate of drug-likeness (QED) is 0.892. The molecule has 5 heteroatoms. The van der Waals surface area contributed by atoms with Crippen molar-refractivity contribution in [1.82, 2.24) is 10.2 Å². The summed E-state index contributed by atoms with van der Waals surface area (Å²) < 4.78 is 0. The average Bonchev–Trinajstić information content (AvgIpc) is 2.96. The van der Waals surface area contributed by atoms with E-state index in [9.17, 15) is 9.59 Å². The lowest BCUT2D eigenvalue weighted by Gasteiger charge is -2.21. The lowest BCUT2D eigenvalue weighted by Crippen LogP contribution is -2.34. The van der Waals surface area contributed by atoms with Crippen LogP contribution in [0.25, 0.3) is 0 Å². The van der Waals surface area contributed by atoms with Crippen molar-refractivity contribution in [3.8, 4) is 0 Å². The molecule has 0 aromatic carbocycles. The minimum atomic E-state index is 0.0397. The fraction of sp³-hybridized carbons (Fsp3) is 0.571. The van der Waals surface area contributed by atoms with Crippen LogP contribution >= 0.6 is 11.3 Å². The summed E-state index contributed by atoms with van der Waals surface area (Å²) in [4.78, 5) is 26.5. The van der Waals surface area contributed by atoms with E-state index in [-0.39, 0.29) is 23.8 Å². The molecule has 1 aromatic rings. The van der Waals surface area contributed by atoms with Gasteiger partial charge in [0, 0.05) is 36.3 Å². The molecule has 1 aromatic heterocycles. The summed E-state index contributed by atoms with van der Waals surface area (Å²) in [6.07, 6.45) is 0.990. The number of nitrogens with one attached hydrogen (secondary N) is 1. The molecule has 1 unspecified atom stereocenters. The van der Waals surface area contributed by atoms with Crippen LogP contribution in [0.2, 0.25) is 0 Å². The first-order valence-corrected chi connectivity index (χ1v) is 7.52. The van der Waals surface area contributed by atoms with E-state index in [1.54, 1.807) is 11.3 Å². The highest BCUT2D eigenvalue weighted by Crippen LogP contribution is 2.19. The van der Waals surface area contributed by atoms with E-state index in [2.05, 4.69) is 5.32 Å². The van der Waals surface area contributed by atoms with Gasteiger partial charge in [-0.3, -0.25) is 9.59 Å². The van der Waals surface area contributed by atoms with Gasteiger partial charge < -0.3 is 10.2 Å². The molecule has 0 aliphatic carbocycles. The van der Waals surface area contributed by atoms with Gasteiger partial charge in [-0.2, -0.15) is 0 Å². The Bertz CT molecular complexity index is 442. The number of carbonyl (C=O) groups excluding carboxylic acids is 2. The molecule has 0 bridgehead atoms. The Balaban J connectivity index is 1.74. The highest BCUT2D eigenvalue weighted by molar-refractivity contribution is 7.10. The Hall–Kier alpha value is -1.36. The van der Waals surface area contributed by atoms with Gasteiger partial charge >= 0.3 is 0 Å². The van der Waals surface area contributed by atoms with Crippen molar-refractivity contribution in [1.29, 1.82) is 0 Å². The first kappa shape index (κ1) is 14.1. The van der Waals surface area contributed by atoms with Crippen molar-refractivity contribution in [2.75, 3.05) is 13.1 Å². The largest absolute Gasteiger partial charge is 0.355 e. The minimum absolute atomic E-state index is 0.0397. The number of amides is 2. The van der Waals surface area contributed by atoms with Gasteiger partial charge in [-0.15, -0.1) is 11.3 Å². The van der Waals surface area contributed by atoms with E-state index in [1.807, 2.05) is 36.3 Å². The summed E-state index contributed by atoms with van der Waals surface area (Å²) in [5.41, 5.74) is 0. The summed E-state index contributed by atoms with van der Waals surface area (Å²) in [6.45, 7) is 5.40. The van der Waals surface area contributed by atoms with Crippen molar-refractivity contribution in [3.05, 3.63) is 22.4 Å². The monoisotopic (exact) mass is 280 g/mol. The second-order valence-corrected chi connectivity index (χ2v) is 6.30. The van der Waals surface area contributed by atoms with Crippen LogP contribution in [0.3, 0.4) is 0 Å². The summed E-state index contributed by atoms with van der Waals surface area (Å²) in [6, 6.07) is 4.16. The maximum atomic E-state index is 11.8. The van der Waals surface area contributed by atoms with Crippen LogP contribution in [0.15, 0.2) is 17.5 Å². The topological polar surface area (TPSA) is 49.4 Å². The molecular weight excluding hydrogens is 260 g/mol. The Kier molecular flexibility index (Phi) is 4.58. The summed E-state index contributed by atoms with van der Waals surface area (Å²) in [7, 11) is 0. The smallest absolute Gasteiger partial charge is 0.225 e. The molecule has 104 valence electrons. The van der Waals surface area contributed by atoms with E-state index < -0.39 is 0 Å². The second-order valence-electron chi connectivity index (χ2n) is 5.27. The van der Waals surface area contributed by atoms with E-state index in [0.717, 1.165) is 11.4 Å². The number of carbonyl (C=O) groups is 2. The maximum absolute atomic E-state index is 11.8. The van der Waals surface area contributed by atoms with Gasteiger partial charge in [0.1, 0.15) is 0 Å². The van der Waals surface area contributed by atoms with Crippen LogP contribution in [-0.4, -0.2) is 35.8 Å². The normalized spacial score (nSPS) is 19.2. The molecule has 1 fully saturated rings. The zero-order chi connectivity index (χ0) is 13.8. The molecule has 0 saturated carbocycles. The van der Waals surface area contributed by atoms with E-state index in [0.29, 0.717) is 19.4 Å². The molecule has 2 rings (SSSR count). The van der Waals surface area contributed by atoms with E-state index >= 15 is 0 Å². The summed E-state index contributed by atoms with van der Waals surface area (Å²) in [5.74, 6) is 0.493. The number of likely N-dealkylation sites (tertiary alicyclic amines) is 1. The fourth-order valence-corrected chi connectivity index (χ4v) is 3.04. The van der Waals surface area contributed by atoms with Crippen LogP contribution < -0.4 is 5.32 Å². The first-order chi connectivity index (χ1) is 9.06. The molecule has 2 amide bonds. The summed E-state index contributed by atoms with van der Waals surface area (Å²) in [5, 5.41) is 4.90. The zero-order valence-corrected chi connectivity index (χ0v) is 12.2. The maximum Gasteiger partial charge on any atom is 0.225 e. The van der Waals surface area contributed by atoms with Crippen LogP contribution in [-0.2, 0) is 16.0 Å². The van der Waals surface area contributed by atoms with Gasteiger partial charge in [-0.05, 0) is 25.3 Å². The third-order valence-electron chi connectivity index (χ3n) is 3.36. The molecule has 4 nitrogen and oxygen atoms in total. The first-order valence-electron chi connectivity index (χ1n) is 6.65. The molecule has 1 atom stereocenters. The third-order valence-corrected chi connectivity index (χ3v) is 4.24. The number of thiophene rings is 1.